The molecule has 0 aliphatic rings. The number of hydrazone groups is 1. The summed E-state index contributed by atoms with van der Waals surface area (Å²) in [4.78, 5) is 0. The predicted octanol–water partition coefficient (Wildman–Crippen LogP) is 4.39. The molecule has 8 heteroatoms. The van der Waals surface area contributed by atoms with E-state index in [4.69, 9.17) is 16.3 Å². The predicted molar refractivity (Wildman–Crippen MR) is 98.9 cm³/mol. The summed E-state index contributed by atoms with van der Waals surface area (Å²) in [7, 11) is 1.63. The summed E-state index contributed by atoms with van der Waals surface area (Å²) >= 11 is 7.22. The molecular formula is C16H14ClN5OS. The minimum Gasteiger partial charge on any atom is -0.497 e. The molecule has 3 aromatic rings. The van der Waals surface area contributed by atoms with E-state index >= 15 is 0 Å². The highest BCUT2D eigenvalue weighted by molar-refractivity contribution is 7.19. The quantitative estimate of drug-likeness (QED) is 0.504. The lowest BCUT2D eigenvalue weighted by molar-refractivity contribution is 0.415. The molecule has 0 bridgehead atoms. The molecule has 24 heavy (non-hydrogen) atoms. The van der Waals surface area contributed by atoms with Gasteiger partial charge >= 0.3 is 0 Å². The van der Waals surface area contributed by atoms with E-state index in [0.29, 0.717) is 15.3 Å². The van der Waals surface area contributed by atoms with Gasteiger partial charge in [0.25, 0.3) is 0 Å². The van der Waals surface area contributed by atoms with E-state index in [-0.39, 0.29) is 0 Å². The Morgan fingerprint density at radius 1 is 1.04 bits per heavy atom. The molecule has 6 nitrogen and oxygen atoms in total. The van der Waals surface area contributed by atoms with Crippen LogP contribution in [0.1, 0.15) is 5.56 Å². The second kappa shape index (κ2) is 7.76. The first-order valence-corrected chi connectivity index (χ1v) is 8.21. The van der Waals surface area contributed by atoms with Gasteiger partial charge in [-0.25, -0.2) is 0 Å². The largest absolute Gasteiger partial charge is 0.497 e. The number of benzene rings is 2. The summed E-state index contributed by atoms with van der Waals surface area (Å²) < 4.78 is 5.11. The molecule has 0 unspecified atom stereocenters. The van der Waals surface area contributed by atoms with Crippen molar-refractivity contribution in [2.75, 3.05) is 17.9 Å². The van der Waals surface area contributed by atoms with Crippen molar-refractivity contribution in [2.24, 2.45) is 5.10 Å². The minimum atomic E-state index is 0.594. The smallest absolute Gasteiger partial charge is 0.227 e. The van der Waals surface area contributed by atoms with Gasteiger partial charge in [0.15, 0.2) is 0 Å². The number of halogens is 1. The molecule has 2 aromatic carbocycles. The number of anilines is 3. The maximum absolute atomic E-state index is 5.86. The SMILES string of the molecule is COc1ccc(/C=N/Nc2nnc(Nc3ccc(Cl)cc3)s2)cc1. The Labute approximate surface area is 148 Å². The second-order valence-electron chi connectivity index (χ2n) is 4.69. The van der Waals surface area contributed by atoms with Crippen molar-refractivity contribution in [3.63, 3.8) is 0 Å². The fraction of sp³-hybridized carbons (Fsp3) is 0.0625. The van der Waals surface area contributed by atoms with E-state index < -0.39 is 0 Å². The van der Waals surface area contributed by atoms with Crippen LogP contribution in [0.3, 0.4) is 0 Å². The lowest BCUT2D eigenvalue weighted by Crippen LogP contribution is -1.90. The molecule has 0 fully saturated rings. The molecule has 1 aromatic heterocycles. The Kier molecular flexibility index (Phi) is 5.25. The summed E-state index contributed by atoms with van der Waals surface area (Å²) in [5, 5.41) is 17.3. The Morgan fingerprint density at radius 2 is 1.75 bits per heavy atom. The molecule has 122 valence electrons. The number of hydrogen-bond donors (Lipinski definition) is 2. The van der Waals surface area contributed by atoms with E-state index in [1.54, 1.807) is 13.3 Å². The summed E-state index contributed by atoms with van der Waals surface area (Å²) in [6, 6.07) is 14.9. The van der Waals surface area contributed by atoms with E-state index in [2.05, 4.69) is 26.0 Å². The van der Waals surface area contributed by atoms with Crippen LogP contribution in [0.5, 0.6) is 5.75 Å². The maximum atomic E-state index is 5.86. The molecular weight excluding hydrogens is 346 g/mol. The zero-order valence-corrected chi connectivity index (χ0v) is 14.3. The van der Waals surface area contributed by atoms with Crippen molar-refractivity contribution in [1.29, 1.82) is 0 Å². The standard InChI is InChI=1S/C16H14ClN5OS/c1-23-14-8-2-11(3-9-14)10-18-20-16-22-21-15(24-16)19-13-6-4-12(17)5-7-13/h2-10H,1H3,(H,19,21)(H,20,22)/b18-10+. The topological polar surface area (TPSA) is 71.4 Å². The highest BCUT2D eigenvalue weighted by atomic mass is 35.5. The molecule has 0 spiro atoms. The molecule has 0 radical (unpaired) electrons. The van der Waals surface area contributed by atoms with Gasteiger partial charge < -0.3 is 10.1 Å². The van der Waals surface area contributed by atoms with E-state index in [1.807, 2.05) is 48.5 Å². The molecule has 0 atom stereocenters. The van der Waals surface area contributed by atoms with Crippen LogP contribution in [0, 0.1) is 0 Å². The number of nitrogens with one attached hydrogen (secondary N) is 2. The average molecular weight is 360 g/mol. The summed E-state index contributed by atoms with van der Waals surface area (Å²) in [5.74, 6) is 0.808. The van der Waals surface area contributed by atoms with Crippen LogP contribution in [0.4, 0.5) is 16.0 Å². The maximum Gasteiger partial charge on any atom is 0.227 e. The average Bonchev–Trinajstić information content (AvgIpc) is 3.05. The Morgan fingerprint density at radius 3 is 2.46 bits per heavy atom. The monoisotopic (exact) mass is 359 g/mol. The highest BCUT2D eigenvalue weighted by Gasteiger charge is 2.03. The van der Waals surface area contributed by atoms with Crippen LogP contribution >= 0.6 is 22.9 Å². The van der Waals surface area contributed by atoms with Gasteiger partial charge in [0.05, 0.1) is 13.3 Å². The minimum absolute atomic E-state index is 0.594. The third kappa shape index (κ3) is 4.43. The number of rotatable bonds is 6. The highest BCUT2D eigenvalue weighted by Crippen LogP contribution is 2.24. The van der Waals surface area contributed by atoms with Crippen molar-refractivity contribution >= 4 is 45.1 Å². The van der Waals surface area contributed by atoms with Crippen LogP contribution in [-0.2, 0) is 0 Å². The normalized spacial score (nSPS) is 10.8. The second-order valence-corrected chi connectivity index (χ2v) is 6.10. The molecule has 3 rings (SSSR count). The lowest BCUT2D eigenvalue weighted by Gasteiger charge is -2.00. The number of hydrogen-bond acceptors (Lipinski definition) is 7. The third-order valence-corrected chi connectivity index (χ3v) is 4.01. The van der Waals surface area contributed by atoms with Crippen molar-refractivity contribution in [3.8, 4) is 5.75 Å². The van der Waals surface area contributed by atoms with E-state index in [0.717, 1.165) is 17.0 Å². The zero-order chi connectivity index (χ0) is 16.8. The molecule has 0 aliphatic heterocycles. The first-order valence-electron chi connectivity index (χ1n) is 7.02. The van der Waals surface area contributed by atoms with Crippen LogP contribution in [0.15, 0.2) is 53.6 Å². The summed E-state index contributed by atoms with van der Waals surface area (Å²) in [6.45, 7) is 0. The fourth-order valence-corrected chi connectivity index (χ4v) is 2.57. The van der Waals surface area contributed by atoms with Crippen molar-refractivity contribution in [2.45, 2.75) is 0 Å². The first-order chi connectivity index (χ1) is 11.7. The van der Waals surface area contributed by atoms with Crippen molar-refractivity contribution < 1.29 is 4.74 Å². The van der Waals surface area contributed by atoms with Gasteiger partial charge in [-0.1, -0.05) is 22.9 Å². The number of aromatic nitrogens is 2. The lowest BCUT2D eigenvalue weighted by atomic mass is 10.2. The van der Waals surface area contributed by atoms with Gasteiger partial charge in [0.1, 0.15) is 5.75 Å². The Hall–Kier alpha value is -2.64. The van der Waals surface area contributed by atoms with Gasteiger partial charge in [0.2, 0.25) is 10.3 Å². The molecule has 0 aliphatic carbocycles. The van der Waals surface area contributed by atoms with Crippen LogP contribution in [0.25, 0.3) is 0 Å². The fourth-order valence-electron chi connectivity index (χ4n) is 1.83. The zero-order valence-electron chi connectivity index (χ0n) is 12.7. The van der Waals surface area contributed by atoms with Gasteiger partial charge in [-0.05, 0) is 54.1 Å². The molecule has 0 saturated heterocycles. The van der Waals surface area contributed by atoms with E-state index in [1.165, 1.54) is 11.3 Å². The first kappa shape index (κ1) is 16.2. The molecule has 0 saturated carbocycles. The van der Waals surface area contributed by atoms with Gasteiger partial charge in [-0.2, -0.15) is 5.10 Å². The molecule has 1 heterocycles. The van der Waals surface area contributed by atoms with Crippen LogP contribution in [0.2, 0.25) is 5.02 Å². The van der Waals surface area contributed by atoms with Gasteiger partial charge in [-0.15, -0.1) is 10.2 Å². The number of ether oxygens (including phenoxy) is 1. The summed E-state index contributed by atoms with van der Waals surface area (Å²) in [5.41, 5.74) is 4.70. The van der Waals surface area contributed by atoms with Crippen LogP contribution in [-0.4, -0.2) is 23.5 Å². The van der Waals surface area contributed by atoms with E-state index in [9.17, 15) is 0 Å². The van der Waals surface area contributed by atoms with Gasteiger partial charge in [0, 0.05) is 10.7 Å². The van der Waals surface area contributed by atoms with Crippen LogP contribution < -0.4 is 15.5 Å². The Bertz CT molecular complexity index is 817. The van der Waals surface area contributed by atoms with Crippen molar-refractivity contribution in [3.05, 3.63) is 59.1 Å². The Balaban J connectivity index is 1.57. The number of nitrogens with zero attached hydrogens (tertiary/aromatic N) is 3. The number of methoxy groups -OCH3 is 1. The molecule has 0 amide bonds. The van der Waals surface area contributed by atoms with Crippen molar-refractivity contribution in [1.82, 2.24) is 10.2 Å². The molecule has 2 N–H and O–H groups in total. The summed E-state index contributed by atoms with van der Waals surface area (Å²) in [6.07, 6.45) is 1.70. The third-order valence-electron chi connectivity index (χ3n) is 3.01. The van der Waals surface area contributed by atoms with Gasteiger partial charge in [-0.3, -0.25) is 5.43 Å².